The minimum atomic E-state index is -2.96. The van der Waals surface area contributed by atoms with Crippen molar-refractivity contribution in [1.29, 1.82) is 0 Å². The van der Waals surface area contributed by atoms with Crippen LogP contribution in [0.1, 0.15) is 24.7 Å². The molecule has 2 N–H and O–H groups in total. The van der Waals surface area contributed by atoms with Gasteiger partial charge in [-0.05, 0) is 36.7 Å². The number of piperidine rings is 1. The monoisotopic (exact) mass is 407 g/mol. The molecule has 3 fully saturated rings. The number of alkyl halides is 3. The van der Waals surface area contributed by atoms with Gasteiger partial charge in [-0.15, -0.1) is 0 Å². The summed E-state index contributed by atoms with van der Waals surface area (Å²) >= 11 is 0. The van der Waals surface area contributed by atoms with Crippen LogP contribution in [0.3, 0.4) is 0 Å². The lowest BCUT2D eigenvalue weighted by Gasteiger charge is -2.18. The fraction of sp³-hybridized carbons (Fsp3) is 0.600. The van der Waals surface area contributed by atoms with Gasteiger partial charge in [0.1, 0.15) is 12.5 Å². The van der Waals surface area contributed by atoms with Crippen molar-refractivity contribution in [2.75, 3.05) is 32.0 Å². The summed E-state index contributed by atoms with van der Waals surface area (Å²) in [6, 6.07) is 1.86. The van der Waals surface area contributed by atoms with E-state index in [1.54, 1.807) is 0 Å². The number of ether oxygens (including phenoxy) is 1. The normalized spacial score (nSPS) is 26.1. The predicted molar refractivity (Wildman–Crippen MR) is 101 cm³/mol. The van der Waals surface area contributed by atoms with Gasteiger partial charge < -0.3 is 19.9 Å². The molecule has 1 saturated heterocycles. The van der Waals surface area contributed by atoms with Gasteiger partial charge in [-0.2, -0.15) is 8.78 Å². The molecule has 0 radical (unpaired) electrons. The number of pyridine rings is 1. The van der Waals surface area contributed by atoms with E-state index < -0.39 is 6.61 Å². The first-order valence-corrected chi connectivity index (χ1v) is 10.1. The second kappa shape index (κ2) is 7.19. The molecule has 2 saturated carbocycles. The second-order valence-corrected chi connectivity index (χ2v) is 8.35. The molecule has 2 aliphatic carbocycles. The number of anilines is 1. The molecule has 3 aliphatic rings. The molecule has 29 heavy (non-hydrogen) atoms. The maximum Gasteiger partial charge on any atom is 0.387 e. The molecule has 0 amide bonds. The average molecular weight is 407 g/mol. The topological polar surface area (TPSA) is 69.2 Å². The molecule has 156 valence electrons. The smallest absolute Gasteiger partial charge is 0.387 e. The van der Waals surface area contributed by atoms with Gasteiger partial charge in [0.25, 0.3) is 0 Å². The Labute approximate surface area is 166 Å². The fourth-order valence-corrected chi connectivity index (χ4v) is 4.64. The van der Waals surface area contributed by atoms with Gasteiger partial charge in [0.15, 0.2) is 11.6 Å². The largest absolute Gasteiger partial charge is 0.431 e. The highest BCUT2D eigenvalue weighted by atomic mass is 19.3. The first-order valence-electron chi connectivity index (χ1n) is 10.1. The molecule has 0 spiro atoms. The summed E-state index contributed by atoms with van der Waals surface area (Å²) in [6.07, 6.45) is 6.91. The number of nitrogens with two attached hydrogens (primary N) is 1. The van der Waals surface area contributed by atoms with Crippen molar-refractivity contribution in [3.8, 4) is 17.0 Å². The minimum absolute atomic E-state index is 0.0728. The van der Waals surface area contributed by atoms with Crippen molar-refractivity contribution >= 4 is 5.82 Å². The van der Waals surface area contributed by atoms with Crippen LogP contribution in [0.25, 0.3) is 11.3 Å². The van der Waals surface area contributed by atoms with Gasteiger partial charge in [0.05, 0.1) is 5.69 Å². The summed E-state index contributed by atoms with van der Waals surface area (Å²) in [5.74, 6) is 2.56. The number of halogens is 3. The fourth-order valence-electron chi connectivity index (χ4n) is 4.64. The highest BCUT2D eigenvalue weighted by Crippen LogP contribution is 2.56. The molecule has 0 unspecified atom stereocenters. The van der Waals surface area contributed by atoms with Crippen LogP contribution in [0.2, 0.25) is 0 Å². The van der Waals surface area contributed by atoms with Crippen LogP contribution < -0.4 is 10.5 Å². The summed E-state index contributed by atoms with van der Waals surface area (Å²) in [5, 5.41) is 0. The van der Waals surface area contributed by atoms with Crippen molar-refractivity contribution in [3.05, 3.63) is 24.3 Å². The molecule has 0 aromatic carbocycles. The van der Waals surface area contributed by atoms with Gasteiger partial charge >= 0.3 is 6.61 Å². The van der Waals surface area contributed by atoms with Crippen LogP contribution >= 0.6 is 0 Å². The molecule has 1 aliphatic heterocycles. The van der Waals surface area contributed by atoms with E-state index in [0.717, 1.165) is 25.3 Å². The van der Waals surface area contributed by atoms with Gasteiger partial charge in [-0.1, -0.05) is 0 Å². The first-order chi connectivity index (χ1) is 14.0. The molecule has 9 heteroatoms. The lowest BCUT2D eigenvalue weighted by atomic mass is 10.2. The van der Waals surface area contributed by atoms with Gasteiger partial charge in [-0.3, -0.25) is 0 Å². The summed E-state index contributed by atoms with van der Waals surface area (Å²) in [6.45, 7) is -0.917. The van der Waals surface area contributed by atoms with Crippen molar-refractivity contribution in [3.63, 3.8) is 0 Å². The zero-order chi connectivity index (χ0) is 20.1. The maximum absolute atomic E-state index is 12.6. The molecular weight excluding hydrogens is 383 g/mol. The van der Waals surface area contributed by atoms with Crippen LogP contribution in [-0.2, 0) is 6.42 Å². The van der Waals surface area contributed by atoms with E-state index in [-0.39, 0.29) is 18.2 Å². The zero-order valence-corrected chi connectivity index (χ0v) is 16.0. The minimum Gasteiger partial charge on any atom is -0.431 e. The van der Waals surface area contributed by atoms with Crippen molar-refractivity contribution in [2.45, 2.75) is 31.9 Å². The summed E-state index contributed by atoms with van der Waals surface area (Å²) in [4.78, 5) is 11.0. The Hall–Kier alpha value is -2.29. The van der Waals surface area contributed by atoms with Crippen LogP contribution in [0, 0.1) is 17.8 Å². The number of aromatic nitrogens is 3. The number of nitrogen functional groups attached to an aromatic ring is 1. The highest BCUT2D eigenvalue weighted by Gasteiger charge is 2.57. The summed E-state index contributed by atoms with van der Waals surface area (Å²) in [7, 11) is 0. The van der Waals surface area contributed by atoms with Crippen molar-refractivity contribution in [1.82, 2.24) is 19.4 Å². The number of fused-ring (bicyclic) bond motifs is 1. The summed E-state index contributed by atoms with van der Waals surface area (Å²) < 4.78 is 44.6. The number of nitrogens with zero attached hydrogens (tertiary/aromatic N) is 4. The Morgan fingerprint density at radius 3 is 2.66 bits per heavy atom. The lowest BCUT2D eigenvalue weighted by Crippen LogP contribution is -2.27. The third-order valence-electron chi connectivity index (χ3n) is 6.32. The third kappa shape index (κ3) is 3.68. The van der Waals surface area contributed by atoms with E-state index in [9.17, 15) is 13.2 Å². The summed E-state index contributed by atoms with van der Waals surface area (Å²) in [5.41, 5.74) is 6.96. The highest BCUT2D eigenvalue weighted by molar-refractivity contribution is 5.63. The number of hydrogen-bond donors (Lipinski definition) is 1. The Morgan fingerprint density at radius 1 is 1.24 bits per heavy atom. The van der Waals surface area contributed by atoms with Gasteiger partial charge in [0.2, 0.25) is 0 Å². The Bertz CT molecular complexity index is 888. The Morgan fingerprint density at radius 2 is 2.00 bits per heavy atom. The van der Waals surface area contributed by atoms with Crippen LogP contribution in [0.15, 0.2) is 18.5 Å². The zero-order valence-electron chi connectivity index (χ0n) is 16.0. The van der Waals surface area contributed by atoms with E-state index in [0.29, 0.717) is 41.6 Å². The van der Waals surface area contributed by atoms with Crippen molar-refractivity contribution in [2.24, 2.45) is 17.8 Å². The quantitative estimate of drug-likeness (QED) is 0.728. The number of imidazole rings is 1. The van der Waals surface area contributed by atoms with E-state index in [2.05, 4.69) is 19.2 Å². The van der Waals surface area contributed by atoms with E-state index in [4.69, 9.17) is 10.7 Å². The third-order valence-corrected chi connectivity index (χ3v) is 6.32. The average Bonchev–Trinajstić information content (AvgIpc) is 3.52. The standard InChI is InChI=1S/C20H24F3N5O/c21-3-4-27-8-13-14(9-27)18(13)28-10-15(26-17(28)5-11-1-2-11)12-6-16(29-20(22)23)19(24)25-7-12/h6-7,10-11,13-14,18,20H,1-5,8-9H2,(H2,24,25)/t13-,14+,18-. The van der Waals surface area contributed by atoms with Gasteiger partial charge in [0, 0.05) is 50.1 Å². The van der Waals surface area contributed by atoms with Gasteiger partial charge in [-0.25, -0.2) is 14.4 Å². The molecular formula is C20H24F3N5O. The molecule has 0 bridgehead atoms. The number of rotatable bonds is 8. The van der Waals surface area contributed by atoms with E-state index in [1.807, 2.05) is 6.20 Å². The lowest BCUT2D eigenvalue weighted by molar-refractivity contribution is -0.0494. The molecule has 5 rings (SSSR count). The SMILES string of the molecule is Nc1ncc(-c2cn([C@@H]3[C@@H]4CN(CCF)C[C@@H]43)c(CC3CC3)n2)cc1OC(F)F. The molecule has 6 nitrogen and oxygen atoms in total. The molecule has 3 heterocycles. The second-order valence-electron chi connectivity index (χ2n) is 8.35. The van der Waals surface area contributed by atoms with Crippen LogP contribution in [0.5, 0.6) is 5.75 Å². The number of likely N-dealkylation sites (tertiary alicyclic amines) is 1. The van der Waals surface area contributed by atoms with Crippen molar-refractivity contribution < 1.29 is 17.9 Å². The van der Waals surface area contributed by atoms with E-state index in [1.165, 1.54) is 25.1 Å². The predicted octanol–water partition coefficient (Wildman–Crippen LogP) is 3.15. The van der Waals surface area contributed by atoms with Crippen LogP contribution in [-0.4, -0.2) is 52.4 Å². The maximum atomic E-state index is 12.6. The Balaban J connectivity index is 1.41. The molecule has 3 atom stereocenters. The first kappa shape index (κ1) is 18.7. The molecule has 2 aromatic rings. The van der Waals surface area contributed by atoms with Crippen LogP contribution in [0.4, 0.5) is 19.0 Å². The number of hydrogen-bond acceptors (Lipinski definition) is 5. The van der Waals surface area contributed by atoms with E-state index >= 15 is 0 Å². The Kier molecular flexibility index (Phi) is 4.64. The molecule has 2 aromatic heterocycles.